The normalized spacial score (nSPS) is 24.1. The lowest BCUT2D eigenvalue weighted by Crippen LogP contribution is -2.23. The van der Waals surface area contributed by atoms with Gasteiger partial charge in [-0.15, -0.1) is 5.10 Å². The monoisotopic (exact) mass is 251 g/mol. The molecule has 1 N–H and O–H groups in total. The molecule has 1 fully saturated rings. The molecule has 5 nitrogen and oxygen atoms in total. The van der Waals surface area contributed by atoms with Gasteiger partial charge >= 0.3 is 5.97 Å². The van der Waals surface area contributed by atoms with Crippen LogP contribution in [0.1, 0.15) is 57.2 Å². The molecule has 0 amide bonds. The summed E-state index contributed by atoms with van der Waals surface area (Å²) in [4.78, 5) is 10.5. The highest BCUT2D eigenvalue weighted by Crippen LogP contribution is 2.35. The molecule has 18 heavy (non-hydrogen) atoms. The smallest absolute Gasteiger partial charge is 0.303 e. The van der Waals surface area contributed by atoms with E-state index in [1.54, 1.807) is 0 Å². The quantitative estimate of drug-likeness (QED) is 0.872. The number of aliphatic carboxylic acids is 1. The molecule has 1 aromatic rings. The van der Waals surface area contributed by atoms with Crippen molar-refractivity contribution in [1.29, 1.82) is 0 Å². The summed E-state index contributed by atoms with van der Waals surface area (Å²) < 4.78 is 1.96. The van der Waals surface area contributed by atoms with Gasteiger partial charge in [-0.05, 0) is 18.8 Å². The first kappa shape index (κ1) is 13.1. The number of carboxylic acid groups (broad SMARTS) is 1. The first-order chi connectivity index (χ1) is 8.70. The Morgan fingerprint density at radius 2 is 2.28 bits per heavy atom. The van der Waals surface area contributed by atoms with Crippen molar-refractivity contribution in [2.45, 2.75) is 57.9 Å². The molecule has 0 radical (unpaired) electrons. The fourth-order valence-electron chi connectivity index (χ4n) is 2.84. The van der Waals surface area contributed by atoms with E-state index in [2.05, 4.69) is 17.2 Å². The third kappa shape index (κ3) is 3.09. The van der Waals surface area contributed by atoms with Crippen LogP contribution < -0.4 is 0 Å². The minimum atomic E-state index is -0.784. The molecule has 2 atom stereocenters. The summed E-state index contributed by atoms with van der Waals surface area (Å²) in [5, 5.41) is 16.9. The van der Waals surface area contributed by atoms with E-state index in [9.17, 15) is 4.79 Å². The number of rotatable bonds is 5. The Kier molecular flexibility index (Phi) is 4.33. The lowest BCUT2D eigenvalue weighted by atomic mass is 9.83. The molecule has 2 unspecified atom stereocenters. The highest BCUT2D eigenvalue weighted by molar-refractivity contribution is 5.66. The van der Waals surface area contributed by atoms with Crippen LogP contribution in [0.2, 0.25) is 0 Å². The van der Waals surface area contributed by atoms with Crippen LogP contribution >= 0.6 is 0 Å². The largest absolute Gasteiger partial charge is 0.481 e. The van der Waals surface area contributed by atoms with E-state index in [-0.39, 0.29) is 6.42 Å². The predicted molar refractivity (Wildman–Crippen MR) is 67.3 cm³/mol. The Balaban J connectivity index is 2.01. The average Bonchev–Trinajstić information content (AvgIpc) is 2.85. The fourth-order valence-corrected chi connectivity index (χ4v) is 2.84. The van der Waals surface area contributed by atoms with Crippen LogP contribution in [0.5, 0.6) is 0 Å². The van der Waals surface area contributed by atoms with Gasteiger partial charge in [-0.2, -0.15) is 0 Å². The van der Waals surface area contributed by atoms with Gasteiger partial charge in [-0.25, -0.2) is 4.68 Å². The molecule has 1 saturated carbocycles. The molecule has 2 rings (SSSR count). The molecule has 0 bridgehead atoms. The first-order valence-electron chi connectivity index (χ1n) is 6.83. The molecular formula is C13H21N3O2. The van der Waals surface area contributed by atoms with Gasteiger partial charge in [0.25, 0.3) is 0 Å². The maximum atomic E-state index is 10.5. The van der Waals surface area contributed by atoms with E-state index < -0.39 is 5.97 Å². The van der Waals surface area contributed by atoms with Crippen molar-refractivity contribution >= 4 is 5.97 Å². The molecule has 0 aliphatic heterocycles. The van der Waals surface area contributed by atoms with Crippen molar-refractivity contribution in [3.63, 3.8) is 0 Å². The number of nitrogens with zero attached hydrogens (tertiary/aromatic N) is 3. The van der Waals surface area contributed by atoms with E-state index in [4.69, 9.17) is 5.11 Å². The van der Waals surface area contributed by atoms with Crippen LogP contribution in [0.3, 0.4) is 0 Å². The molecule has 5 heteroatoms. The minimum absolute atomic E-state index is 0.126. The second kappa shape index (κ2) is 5.98. The number of carbonyl (C=O) groups is 1. The van der Waals surface area contributed by atoms with E-state index in [1.165, 1.54) is 32.1 Å². The maximum absolute atomic E-state index is 10.5. The van der Waals surface area contributed by atoms with Crippen LogP contribution in [0.15, 0.2) is 6.20 Å². The van der Waals surface area contributed by atoms with Crippen molar-refractivity contribution < 1.29 is 9.90 Å². The highest BCUT2D eigenvalue weighted by Gasteiger charge is 2.26. The van der Waals surface area contributed by atoms with Gasteiger partial charge in [-0.1, -0.05) is 31.4 Å². The maximum Gasteiger partial charge on any atom is 0.303 e. The summed E-state index contributed by atoms with van der Waals surface area (Å²) in [6.07, 6.45) is 8.71. The number of aryl methyl sites for hydroxylation is 1. The van der Waals surface area contributed by atoms with Crippen LogP contribution in [0.4, 0.5) is 0 Å². The fraction of sp³-hybridized carbons (Fsp3) is 0.769. The van der Waals surface area contributed by atoms with E-state index >= 15 is 0 Å². The van der Waals surface area contributed by atoms with Crippen molar-refractivity contribution in [1.82, 2.24) is 15.0 Å². The minimum Gasteiger partial charge on any atom is -0.481 e. The van der Waals surface area contributed by atoms with Crippen molar-refractivity contribution in [2.75, 3.05) is 0 Å². The van der Waals surface area contributed by atoms with Crippen LogP contribution in [-0.2, 0) is 11.2 Å². The van der Waals surface area contributed by atoms with Crippen molar-refractivity contribution in [2.24, 2.45) is 5.92 Å². The number of carboxylic acids is 1. The highest BCUT2D eigenvalue weighted by atomic mass is 16.4. The second-order valence-corrected chi connectivity index (χ2v) is 5.10. The van der Waals surface area contributed by atoms with Crippen molar-refractivity contribution in [3.05, 3.63) is 11.9 Å². The third-order valence-electron chi connectivity index (χ3n) is 3.89. The number of hydrogen-bond donors (Lipinski definition) is 1. The molecule has 1 heterocycles. The number of hydrogen-bond acceptors (Lipinski definition) is 3. The topological polar surface area (TPSA) is 68.0 Å². The molecular weight excluding hydrogens is 230 g/mol. The van der Waals surface area contributed by atoms with E-state index in [0.29, 0.717) is 18.4 Å². The first-order valence-corrected chi connectivity index (χ1v) is 6.83. The standard InChI is InChI=1S/C13H21N3O2/c1-2-10-5-3-4-6-12(10)16-9-11(14-15-16)7-8-13(17)18/h9-10,12H,2-8H2,1H3,(H,17,18). The van der Waals surface area contributed by atoms with E-state index in [0.717, 1.165) is 5.69 Å². The summed E-state index contributed by atoms with van der Waals surface area (Å²) in [6.45, 7) is 2.23. The Labute approximate surface area is 107 Å². The Bertz CT molecular complexity index is 403. The van der Waals surface area contributed by atoms with Gasteiger partial charge in [0, 0.05) is 12.6 Å². The third-order valence-corrected chi connectivity index (χ3v) is 3.89. The van der Waals surface area contributed by atoms with Gasteiger partial charge in [0.2, 0.25) is 0 Å². The second-order valence-electron chi connectivity index (χ2n) is 5.10. The SMILES string of the molecule is CCC1CCCCC1n1cc(CCC(=O)O)nn1. The Hall–Kier alpha value is -1.39. The molecule has 0 aromatic carbocycles. The van der Waals surface area contributed by atoms with Crippen LogP contribution in [0, 0.1) is 5.92 Å². The Morgan fingerprint density at radius 3 is 3.00 bits per heavy atom. The summed E-state index contributed by atoms with van der Waals surface area (Å²) in [5.41, 5.74) is 0.790. The zero-order valence-electron chi connectivity index (χ0n) is 10.9. The van der Waals surface area contributed by atoms with Gasteiger partial charge in [0.1, 0.15) is 0 Å². The van der Waals surface area contributed by atoms with Gasteiger partial charge in [0.15, 0.2) is 0 Å². The predicted octanol–water partition coefficient (Wildman–Crippen LogP) is 2.44. The van der Waals surface area contributed by atoms with E-state index in [1.807, 2.05) is 10.9 Å². The lowest BCUT2D eigenvalue weighted by Gasteiger charge is -2.30. The summed E-state index contributed by atoms with van der Waals surface area (Å²) in [7, 11) is 0. The zero-order chi connectivity index (χ0) is 13.0. The molecule has 1 aliphatic carbocycles. The summed E-state index contributed by atoms with van der Waals surface area (Å²) in [6, 6.07) is 0.454. The average molecular weight is 251 g/mol. The van der Waals surface area contributed by atoms with Crippen LogP contribution in [-0.4, -0.2) is 26.1 Å². The number of aromatic nitrogens is 3. The molecule has 1 aromatic heterocycles. The molecule has 1 aliphatic rings. The van der Waals surface area contributed by atoms with Crippen LogP contribution in [0.25, 0.3) is 0 Å². The summed E-state index contributed by atoms with van der Waals surface area (Å²) in [5.74, 6) is -0.0959. The summed E-state index contributed by atoms with van der Waals surface area (Å²) >= 11 is 0. The van der Waals surface area contributed by atoms with Gasteiger partial charge < -0.3 is 5.11 Å². The van der Waals surface area contributed by atoms with Crippen molar-refractivity contribution in [3.8, 4) is 0 Å². The molecule has 0 saturated heterocycles. The molecule has 0 spiro atoms. The van der Waals surface area contributed by atoms with Gasteiger partial charge in [0.05, 0.1) is 18.2 Å². The molecule has 100 valence electrons. The zero-order valence-corrected chi connectivity index (χ0v) is 10.9. The Morgan fingerprint density at radius 1 is 1.50 bits per heavy atom. The van der Waals surface area contributed by atoms with Gasteiger partial charge in [-0.3, -0.25) is 4.79 Å². The lowest BCUT2D eigenvalue weighted by molar-refractivity contribution is -0.136.